The van der Waals surface area contributed by atoms with Crippen molar-refractivity contribution in [2.75, 3.05) is 6.54 Å². The lowest BCUT2D eigenvalue weighted by Gasteiger charge is -2.30. The molecule has 0 aromatic heterocycles. The van der Waals surface area contributed by atoms with Crippen molar-refractivity contribution >= 4 is 17.5 Å². The first-order valence-electron chi connectivity index (χ1n) is 3.63. The fourth-order valence-electron chi connectivity index (χ4n) is 1.25. The Balaban J connectivity index is 2.47. The monoisotopic (exact) mass is 161 g/mol. The van der Waals surface area contributed by atoms with Gasteiger partial charge in [0.1, 0.15) is 5.50 Å². The molecule has 0 saturated carbocycles. The predicted octanol–water partition coefficient (Wildman–Crippen LogP) is 1.58. The number of piperidine rings is 1. The molecular weight excluding hydrogens is 150 g/mol. The van der Waals surface area contributed by atoms with Gasteiger partial charge in [-0.1, -0.05) is 11.6 Å². The van der Waals surface area contributed by atoms with E-state index in [4.69, 9.17) is 11.6 Å². The quantitative estimate of drug-likeness (QED) is 0.390. The minimum Gasteiger partial charge on any atom is -0.326 e. The average Bonchev–Trinajstić information content (AvgIpc) is 1.88. The zero-order valence-electron chi connectivity index (χ0n) is 6.14. The van der Waals surface area contributed by atoms with Gasteiger partial charge in [-0.15, -0.1) is 0 Å². The maximum Gasteiger partial charge on any atom is 0.220 e. The number of rotatable bonds is 0. The first-order chi connectivity index (χ1) is 4.72. The van der Waals surface area contributed by atoms with E-state index in [2.05, 4.69) is 0 Å². The normalized spacial score (nSPS) is 26.6. The Bertz CT molecular complexity index is 138. The number of likely N-dealkylation sites (tertiary alicyclic amines) is 1. The molecule has 0 spiro atoms. The topological polar surface area (TPSA) is 20.3 Å². The largest absolute Gasteiger partial charge is 0.326 e. The van der Waals surface area contributed by atoms with E-state index in [9.17, 15) is 4.79 Å². The molecule has 1 unspecified atom stereocenters. The van der Waals surface area contributed by atoms with E-state index in [0.29, 0.717) is 0 Å². The molecular formula is C7H12ClNO. The summed E-state index contributed by atoms with van der Waals surface area (Å²) >= 11 is 5.88. The van der Waals surface area contributed by atoms with Gasteiger partial charge >= 0.3 is 0 Å². The molecule has 1 heterocycles. The molecule has 0 bridgehead atoms. The van der Waals surface area contributed by atoms with E-state index in [1.54, 1.807) is 11.8 Å². The van der Waals surface area contributed by atoms with Crippen molar-refractivity contribution in [2.45, 2.75) is 31.7 Å². The Hall–Kier alpha value is -0.240. The Labute approximate surface area is 66.1 Å². The standard InChI is InChI=1S/C7H12ClNO/c1-6(10)9-5-3-2-4-7(9)8/h7H,2-5H2,1H3. The van der Waals surface area contributed by atoms with Crippen LogP contribution in [0.3, 0.4) is 0 Å². The molecule has 2 nitrogen and oxygen atoms in total. The number of amides is 1. The molecule has 0 aliphatic carbocycles. The van der Waals surface area contributed by atoms with Gasteiger partial charge in [0.05, 0.1) is 0 Å². The summed E-state index contributed by atoms with van der Waals surface area (Å²) in [6.45, 7) is 2.41. The first-order valence-corrected chi connectivity index (χ1v) is 4.07. The smallest absolute Gasteiger partial charge is 0.220 e. The first kappa shape index (κ1) is 7.86. The van der Waals surface area contributed by atoms with E-state index < -0.39 is 0 Å². The number of hydrogen-bond acceptors (Lipinski definition) is 1. The van der Waals surface area contributed by atoms with Crippen LogP contribution in [0.15, 0.2) is 0 Å². The van der Waals surface area contributed by atoms with Crippen molar-refractivity contribution in [3.8, 4) is 0 Å². The molecule has 1 amide bonds. The van der Waals surface area contributed by atoms with Gasteiger partial charge in [-0.25, -0.2) is 0 Å². The molecule has 58 valence electrons. The van der Waals surface area contributed by atoms with Gasteiger partial charge < -0.3 is 4.90 Å². The molecule has 1 atom stereocenters. The minimum absolute atomic E-state index is 0.0498. The molecule has 10 heavy (non-hydrogen) atoms. The van der Waals surface area contributed by atoms with Gasteiger partial charge in [0.25, 0.3) is 0 Å². The SMILES string of the molecule is CC(=O)N1CCCCC1Cl. The lowest BCUT2D eigenvalue weighted by atomic mass is 10.1. The fraction of sp³-hybridized carbons (Fsp3) is 0.857. The van der Waals surface area contributed by atoms with Crippen molar-refractivity contribution in [2.24, 2.45) is 0 Å². The third-order valence-electron chi connectivity index (χ3n) is 1.83. The highest BCUT2D eigenvalue weighted by atomic mass is 35.5. The number of alkyl halides is 1. The van der Waals surface area contributed by atoms with Crippen LogP contribution in [0.5, 0.6) is 0 Å². The highest BCUT2D eigenvalue weighted by molar-refractivity contribution is 6.21. The zero-order chi connectivity index (χ0) is 7.56. The van der Waals surface area contributed by atoms with Crippen molar-refractivity contribution < 1.29 is 4.79 Å². The van der Waals surface area contributed by atoms with Crippen molar-refractivity contribution in [3.63, 3.8) is 0 Å². The van der Waals surface area contributed by atoms with Crippen LogP contribution in [-0.2, 0) is 4.79 Å². The van der Waals surface area contributed by atoms with Crippen molar-refractivity contribution in [3.05, 3.63) is 0 Å². The Morgan fingerprint density at radius 1 is 1.60 bits per heavy atom. The average molecular weight is 162 g/mol. The molecule has 0 aromatic rings. The van der Waals surface area contributed by atoms with Crippen LogP contribution < -0.4 is 0 Å². The van der Waals surface area contributed by atoms with Gasteiger partial charge in [0.2, 0.25) is 5.91 Å². The lowest BCUT2D eigenvalue weighted by molar-refractivity contribution is -0.130. The molecule has 0 N–H and O–H groups in total. The van der Waals surface area contributed by atoms with Gasteiger partial charge in [0, 0.05) is 13.5 Å². The third kappa shape index (κ3) is 1.63. The summed E-state index contributed by atoms with van der Waals surface area (Å²) in [5.41, 5.74) is -0.0498. The predicted molar refractivity (Wildman–Crippen MR) is 40.9 cm³/mol. The van der Waals surface area contributed by atoms with Crippen LogP contribution >= 0.6 is 11.6 Å². The van der Waals surface area contributed by atoms with Gasteiger partial charge in [-0.05, 0) is 19.3 Å². The van der Waals surface area contributed by atoms with E-state index in [1.165, 1.54) is 0 Å². The maximum absolute atomic E-state index is 10.9. The number of carbonyl (C=O) groups excluding carboxylic acids is 1. The second-order valence-corrected chi connectivity index (χ2v) is 3.15. The van der Waals surface area contributed by atoms with Crippen molar-refractivity contribution in [1.82, 2.24) is 4.90 Å². The summed E-state index contributed by atoms with van der Waals surface area (Å²) < 4.78 is 0. The Morgan fingerprint density at radius 2 is 2.30 bits per heavy atom. The molecule has 1 aliphatic heterocycles. The second-order valence-electron chi connectivity index (χ2n) is 2.64. The van der Waals surface area contributed by atoms with Gasteiger partial charge in [0.15, 0.2) is 0 Å². The van der Waals surface area contributed by atoms with Crippen LogP contribution in [-0.4, -0.2) is 22.9 Å². The number of nitrogens with zero attached hydrogens (tertiary/aromatic N) is 1. The molecule has 1 aliphatic rings. The second kappa shape index (κ2) is 3.24. The number of halogens is 1. The van der Waals surface area contributed by atoms with E-state index in [1.807, 2.05) is 0 Å². The molecule has 1 saturated heterocycles. The molecule has 1 fully saturated rings. The van der Waals surface area contributed by atoms with Crippen LogP contribution in [0.4, 0.5) is 0 Å². The van der Waals surface area contributed by atoms with E-state index in [-0.39, 0.29) is 11.4 Å². The van der Waals surface area contributed by atoms with Crippen LogP contribution in [0.2, 0.25) is 0 Å². The zero-order valence-corrected chi connectivity index (χ0v) is 6.90. The van der Waals surface area contributed by atoms with E-state index >= 15 is 0 Å². The van der Waals surface area contributed by atoms with Crippen molar-refractivity contribution in [1.29, 1.82) is 0 Å². The maximum atomic E-state index is 10.9. The Morgan fingerprint density at radius 3 is 2.70 bits per heavy atom. The molecule has 3 heteroatoms. The molecule has 1 rings (SSSR count). The lowest BCUT2D eigenvalue weighted by Crippen LogP contribution is -2.39. The van der Waals surface area contributed by atoms with E-state index in [0.717, 1.165) is 25.8 Å². The summed E-state index contributed by atoms with van der Waals surface area (Å²) in [4.78, 5) is 12.6. The summed E-state index contributed by atoms with van der Waals surface area (Å²) in [6.07, 6.45) is 3.20. The minimum atomic E-state index is -0.0498. The third-order valence-corrected chi connectivity index (χ3v) is 2.29. The molecule has 0 radical (unpaired) electrons. The highest BCUT2D eigenvalue weighted by Gasteiger charge is 2.21. The van der Waals surface area contributed by atoms with Gasteiger partial charge in [-0.2, -0.15) is 0 Å². The summed E-state index contributed by atoms with van der Waals surface area (Å²) in [7, 11) is 0. The molecule has 0 aromatic carbocycles. The van der Waals surface area contributed by atoms with Gasteiger partial charge in [-0.3, -0.25) is 4.79 Å². The summed E-state index contributed by atoms with van der Waals surface area (Å²) in [5, 5.41) is 0. The highest BCUT2D eigenvalue weighted by Crippen LogP contribution is 2.19. The number of carbonyl (C=O) groups is 1. The number of hydrogen-bond donors (Lipinski definition) is 0. The summed E-state index contributed by atoms with van der Waals surface area (Å²) in [6, 6.07) is 0. The Kier molecular flexibility index (Phi) is 2.55. The van der Waals surface area contributed by atoms with Crippen LogP contribution in [0, 0.1) is 0 Å². The van der Waals surface area contributed by atoms with Crippen LogP contribution in [0.25, 0.3) is 0 Å². The fourth-order valence-corrected chi connectivity index (χ4v) is 1.63. The summed E-state index contributed by atoms with van der Waals surface area (Å²) in [5.74, 6) is 0.0969. The van der Waals surface area contributed by atoms with Crippen LogP contribution in [0.1, 0.15) is 26.2 Å².